The molecule has 108 valence electrons. The molecule has 1 N–H and O–H groups in total. The molecule has 0 radical (unpaired) electrons. The first kappa shape index (κ1) is 13.7. The molecule has 1 fully saturated rings. The van der Waals surface area contributed by atoms with Crippen molar-refractivity contribution in [2.24, 2.45) is 0 Å². The summed E-state index contributed by atoms with van der Waals surface area (Å²) >= 11 is 1.54. The minimum atomic E-state index is -0.716. The predicted molar refractivity (Wildman–Crippen MR) is 76.8 cm³/mol. The summed E-state index contributed by atoms with van der Waals surface area (Å²) in [5, 5.41) is 19.3. The number of furan rings is 1. The lowest BCUT2D eigenvalue weighted by Crippen LogP contribution is -2.22. The van der Waals surface area contributed by atoms with Crippen molar-refractivity contribution in [3.05, 3.63) is 30.0 Å². The van der Waals surface area contributed by atoms with Crippen molar-refractivity contribution in [1.29, 1.82) is 0 Å². The highest BCUT2D eigenvalue weighted by Gasteiger charge is 2.31. The zero-order valence-electron chi connectivity index (χ0n) is 11.7. The van der Waals surface area contributed by atoms with Gasteiger partial charge < -0.3 is 9.52 Å². The van der Waals surface area contributed by atoms with Gasteiger partial charge in [0.25, 0.3) is 0 Å². The average molecular weight is 293 g/mol. The van der Waals surface area contributed by atoms with Crippen molar-refractivity contribution in [1.82, 2.24) is 14.8 Å². The number of hydrogen-bond acceptors (Lipinski definition) is 5. The van der Waals surface area contributed by atoms with Crippen molar-refractivity contribution < 1.29 is 9.52 Å². The molecule has 6 heteroatoms. The Hall–Kier alpha value is -1.27. The smallest absolute Gasteiger partial charge is 0.191 e. The molecule has 3 rings (SSSR count). The Balaban J connectivity index is 1.81. The van der Waals surface area contributed by atoms with Gasteiger partial charge in [-0.15, -0.1) is 10.2 Å². The summed E-state index contributed by atoms with van der Waals surface area (Å²) in [6.45, 7) is 4.25. The van der Waals surface area contributed by atoms with Crippen molar-refractivity contribution in [3.63, 3.8) is 0 Å². The number of thioether (sulfide) groups is 1. The molecule has 2 aromatic heterocycles. The van der Waals surface area contributed by atoms with Crippen molar-refractivity contribution >= 4 is 11.8 Å². The van der Waals surface area contributed by atoms with Crippen LogP contribution in [0.15, 0.2) is 28.0 Å². The van der Waals surface area contributed by atoms with E-state index in [1.54, 1.807) is 20.1 Å². The number of nitrogens with zero attached hydrogens (tertiary/aromatic N) is 3. The van der Waals surface area contributed by atoms with Crippen LogP contribution in [0.2, 0.25) is 0 Å². The average Bonchev–Trinajstić information content (AvgIpc) is 2.94. The van der Waals surface area contributed by atoms with Crippen LogP contribution in [-0.4, -0.2) is 31.2 Å². The predicted octanol–water partition coefficient (Wildman–Crippen LogP) is 2.66. The van der Waals surface area contributed by atoms with E-state index in [1.807, 2.05) is 12.1 Å². The Kier molecular flexibility index (Phi) is 3.60. The van der Waals surface area contributed by atoms with E-state index in [0.717, 1.165) is 16.7 Å². The van der Waals surface area contributed by atoms with E-state index in [0.29, 0.717) is 18.2 Å². The Morgan fingerprint density at radius 2 is 2.25 bits per heavy atom. The van der Waals surface area contributed by atoms with Crippen LogP contribution in [0, 0.1) is 0 Å². The number of aromatic nitrogens is 3. The topological polar surface area (TPSA) is 64.1 Å². The largest absolute Gasteiger partial charge is 0.467 e. The molecule has 20 heavy (non-hydrogen) atoms. The van der Waals surface area contributed by atoms with Gasteiger partial charge in [0.05, 0.1) is 18.4 Å². The lowest BCUT2D eigenvalue weighted by molar-refractivity contribution is 0.107. The second-order valence-electron chi connectivity index (χ2n) is 5.88. The normalized spacial score (nSPS) is 15.8. The Bertz CT molecular complexity index is 568. The third kappa shape index (κ3) is 3.24. The van der Waals surface area contributed by atoms with E-state index in [1.165, 1.54) is 24.6 Å². The first-order valence-corrected chi connectivity index (χ1v) is 7.82. The molecule has 0 bridgehead atoms. The number of aliphatic hydroxyl groups is 1. The first-order valence-electron chi connectivity index (χ1n) is 6.83. The standard InChI is InChI=1S/C14H19N3O2S/c1-14(2,18)9-20-13-16-15-12(10-5-6-10)17(13)8-11-4-3-7-19-11/h3-4,7,10,18H,5-6,8-9H2,1-2H3. The van der Waals surface area contributed by atoms with Gasteiger partial charge in [0.1, 0.15) is 11.6 Å². The van der Waals surface area contributed by atoms with Gasteiger partial charge in [-0.2, -0.15) is 0 Å². The van der Waals surface area contributed by atoms with Gasteiger partial charge >= 0.3 is 0 Å². The zero-order chi connectivity index (χ0) is 14.2. The Labute approximate surface area is 122 Å². The van der Waals surface area contributed by atoms with Crippen LogP contribution < -0.4 is 0 Å². The molecule has 0 unspecified atom stereocenters. The van der Waals surface area contributed by atoms with Crippen molar-refractivity contribution in [2.75, 3.05) is 5.75 Å². The molecule has 1 aliphatic carbocycles. The minimum Gasteiger partial charge on any atom is -0.467 e. The fraction of sp³-hybridized carbons (Fsp3) is 0.571. The first-order chi connectivity index (χ1) is 9.53. The molecule has 0 aliphatic heterocycles. The third-order valence-corrected chi connectivity index (χ3v) is 4.55. The Morgan fingerprint density at radius 1 is 1.45 bits per heavy atom. The van der Waals surface area contributed by atoms with E-state index in [4.69, 9.17) is 4.42 Å². The number of hydrogen-bond donors (Lipinski definition) is 1. The molecule has 1 saturated carbocycles. The van der Waals surface area contributed by atoms with Gasteiger partial charge in [-0.3, -0.25) is 4.57 Å². The van der Waals surface area contributed by atoms with Gasteiger partial charge in [0.15, 0.2) is 5.16 Å². The molecule has 0 saturated heterocycles. The molecule has 0 spiro atoms. The second kappa shape index (κ2) is 5.26. The van der Waals surface area contributed by atoms with E-state index in [-0.39, 0.29) is 0 Å². The summed E-state index contributed by atoms with van der Waals surface area (Å²) in [7, 11) is 0. The second-order valence-corrected chi connectivity index (χ2v) is 6.82. The van der Waals surface area contributed by atoms with Crippen LogP contribution in [0.25, 0.3) is 0 Å². The number of rotatable bonds is 6. The van der Waals surface area contributed by atoms with Gasteiger partial charge in [0.2, 0.25) is 0 Å². The highest BCUT2D eigenvalue weighted by Crippen LogP contribution is 2.40. The van der Waals surface area contributed by atoms with Crippen LogP contribution in [0.5, 0.6) is 0 Å². The van der Waals surface area contributed by atoms with Crippen molar-refractivity contribution in [3.8, 4) is 0 Å². The monoisotopic (exact) mass is 293 g/mol. The minimum absolute atomic E-state index is 0.536. The van der Waals surface area contributed by atoms with Gasteiger partial charge in [-0.1, -0.05) is 11.8 Å². The summed E-state index contributed by atoms with van der Waals surface area (Å²) in [5.74, 6) is 3.07. The van der Waals surface area contributed by atoms with E-state index < -0.39 is 5.60 Å². The summed E-state index contributed by atoms with van der Waals surface area (Å²) in [4.78, 5) is 0. The van der Waals surface area contributed by atoms with Crippen LogP contribution >= 0.6 is 11.8 Å². The molecular formula is C14H19N3O2S. The zero-order valence-corrected chi connectivity index (χ0v) is 12.6. The summed E-state index contributed by atoms with van der Waals surface area (Å²) in [6.07, 6.45) is 4.05. The summed E-state index contributed by atoms with van der Waals surface area (Å²) in [5.41, 5.74) is -0.716. The molecule has 5 nitrogen and oxygen atoms in total. The van der Waals surface area contributed by atoms with Gasteiger partial charge in [0, 0.05) is 11.7 Å². The highest BCUT2D eigenvalue weighted by atomic mass is 32.2. The maximum absolute atomic E-state index is 9.86. The molecule has 2 aromatic rings. The Morgan fingerprint density at radius 3 is 2.85 bits per heavy atom. The lowest BCUT2D eigenvalue weighted by Gasteiger charge is -2.16. The quantitative estimate of drug-likeness (QED) is 0.830. The molecule has 1 aliphatic rings. The maximum atomic E-state index is 9.86. The van der Waals surface area contributed by atoms with E-state index in [9.17, 15) is 5.11 Å². The fourth-order valence-electron chi connectivity index (χ4n) is 2.00. The molecule has 0 aromatic carbocycles. The maximum Gasteiger partial charge on any atom is 0.191 e. The fourth-order valence-corrected chi connectivity index (χ4v) is 2.89. The SMILES string of the molecule is CC(C)(O)CSc1nnc(C2CC2)n1Cc1ccco1. The van der Waals surface area contributed by atoms with Gasteiger partial charge in [-0.05, 0) is 38.8 Å². The van der Waals surface area contributed by atoms with Crippen molar-refractivity contribution in [2.45, 2.75) is 49.9 Å². The molecule has 0 amide bonds. The lowest BCUT2D eigenvalue weighted by atomic mass is 10.2. The summed E-state index contributed by atoms with van der Waals surface area (Å²) < 4.78 is 7.55. The van der Waals surface area contributed by atoms with Crippen LogP contribution in [0.1, 0.15) is 44.2 Å². The van der Waals surface area contributed by atoms with Crippen LogP contribution in [0.4, 0.5) is 0 Å². The van der Waals surface area contributed by atoms with Crippen LogP contribution in [0.3, 0.4) is 0 Å². The molecule has 0 atom stereocenters. The molecule has 2 heterocycles. The van der Waals surface area contributed by atoms with Crippen LogP contribution in [-0.2, 0) is 6.54 Å². The van der Waals surface area contributed by atoms with E-state index >= 15 is 0 Å². The van der Waals surface area contributed by atoms with Gasteiger partial charge in [-0.25, -0.2) is 0 Å². The van der Waals surface area contributed by atoms with E-state index in [2.05, 4.69) is 14.8 Å². The summed E-state index contributed by atoms with van der Waals surface area (Å²) in [6, 6.07) is 3.85. The third-order valence-electron chi connectivity index (χ3n) is 3.14. The molecular weight excluding hydrogens is 274 g/mol. The highest BCUT2D eigenvalue weighted by molar-refractivity contribution is 7.99.